The van der Waals surface area contributed by atoms with Crippen molar-refractivity contribution in [3.63, 3.8) is 0 Å². The van der Waals surface area contributed by atoms with Crippen molar-refractivity contribution in [2.45, 2.75) is 49.6 Å². The first-order chi connectivity index (χ1) is 29.2. The molecule has 4 heterocycles. The van der Waals surface area contributed by atoms with Gasteiger partial charge in [0.25, 0.3) is 21.8 Å². The zero-order chi connectivity index (χ0) is 43.7. The van der Waals surface area contributed by atoms with Gasteiger partial charge in [-0.3, -0.25) is 48.9 Å². The summed E-state index contributed by atoms with van der Waals surface area (Å²) in [5.74, 6) is 2.47. The van der Waals surface area contributed by atoms with Crippen LogP contribution < -0.4 is 30.7 Å². The molecule has 2 aliphatic rings. The molecule has 20 nitrogen and oxygen atoms in total. The molecule has 0 bridgehead atoms. The Kier molecular flexibility index (Phi) is 13.4. The van der Waals surface area contributed by atoms with Gasteiger partial charge in [0.2, 0.25) is 35.4 Å². The average Bonchev–Trinajstić information content (AvgIpc) is 3.84. The third-order valence-corrected chi connectivity index (χ3v) is 11.4. The highest BCUT2D eigenvalue weighted by molar-refractivity contribution is 7.92. The van der Waals surface area contributed by atoms with Crippen LogP contribution in [-0.2, 0) is 40.5 Å². The number of carbonyl (C=O) groups is 6. The third kappa shape index (κ3) is 11.0. The number of anilines is 3. The van der Waals surface area contributed by atoms with Crippen LogP contribution in [-0.4, -0.2) is 83.3 Å². The summed E-state index contributed by atoms with van der Waals surface area (Å²) in [5.41, 5.74) is 1.75. The fourth-order valence-corrected chi connectivity index (χ4v) is 7.84. The monoisotopic (exact) mass is 869 g/mol. The van der Waals surface area contributed by atoms with Crippen molar-refractivity contribution in [2.24, 2.45) is 0 Å². The molecule has 4 aromatic rings. The Bertz CT molecular complexity index is 2640. The number of nitrogens with one attached hydrogen (secondary N) is 5. The van der Waals surface area contributed by atoms with Crippen LogP contribution in [0.4, 0.5) is 22.2 Å². The Morgan fingerprint density at radius 1 is 1.07 bits per heavy atom. The average molecular weight is 870 g/mol. The van der Waals surface area contributed by atoms with Crippen molar-refractivity contribution in [1.29, 1.82) is 0 Å². The van der Waals surface area contributed by atoms with Crippen molar-refractivity contribution in [2.75, 3.05) is 29.0 Å². The number of ether oxygens (including phenoxy) is 1. The van der Waals surface area contributed by atoms with Gasteiger partial charge in [0.05, 0.1) is 29.7 Å². The summed E-state index contributed by atoms with van der Waals surface area (Å²) in [5, 5.41) is 21.0. The second-order valence-electron chi connectivity index (χ2n) is 13.2. The number of fused-ring (bicyclic) bond motifs is 1. The van der Waals surface area contributed by atoms with Crippen LogP contribution in [0.2, 0.25) is 0 Å². The van der Waals surface area contributed by atoms with Gasteiger partial charge < -0.3 is 25.6 Å². The first-order valence-corrected chi connectivity index (χ1v) is 20.6. The number of hydrogen-bond donors (Lipinski definition) is 5. The van der Waals surface area contributed by atoms with Crippen LogP contribution in [0.25, 0.3) is 6.08 Å². The highest BCUT2D eigenvalue weighted by Gasteiger charge is 2.40. The molecule has 1 fully saturated rings. The smallest absolute Gasteiger partial charge is 0.324 e. The van der Waals surface area contributed by atoms with E-state index in [0.29, 0.717) is 27.4 Å². The topological polar surface area (TPSA) is 278 Å². The molecule has 314 valence electrons. The molecule has 0 radical (unpaired) electrons. The van der Waals surface area contributed by atoms with E-state index >= 15 is 0 Å². The highest BCUT2D eigenvalue weighted by atomic mass is 32.2. The molecule has 1 unspecified atom stereocenters. The maximum Gasteiger partial charge on any atom is 0.324 e. The van der Waals surface area contributed by atoms with E-state index in [2.05, 4.69) is 47.8 Å². The van der Waals surface area contributed by atoms with E-state index in [1.165, 1.54) is 66.8 Å². The number of carbonyl (C=O) groups excluding carboxylic acids is 6. The maximum atomic E-state index is 13.1. The lowest BCUT2D eigenvalue weighted by Gasteiger charge is -2.29. The number of hydrogen-bond acceptors (Lipinski definition) is 14. The Balaban J connectivity index is 0.933. The van der Waals surface area contributed by atoms with Gasteiger partial charge in [0.1, 0.15) is 11.7 Å². The van der Waals surface area contributed by atoms with Gasteiger partial charge in [-0.15, -0.1) is 0 Å². The summed E-state index contributed by atoms with van der Waals surface area (Å²) in [6.45, 7) is 0.0307. The van der Waals surface area contributed by atoms with E-state index in [0.717, 1.165) is 11.3 Å². The minimum Gasteiger partial charge on any atom is -0.478 e. The number of nitro groups is 1. The van der Waals surface area contributed by atoms with Gasteiger partial charge in [-0.25, -0.2) is 13.4 Å². The minimum absolute atomic E-state index is 0.00952. The molecule has 0 spiro atoms. The second kappa shape index (κ2) is 19.0. The molecule has 6 amide bonds. The number of benzene rings is 2. The van der Waals surface area contributed by atoms with Crippen molar-refractivity contribution in [1.82, 2.24) is 25.5 Å². The molecule has 2 aromatic carbocycles. The predicted molar refractivity (Wildman–Crippen MR) is 219 cm³/mol. The van der Waals surface area contributed by atoms with E-state index in [1.807, 2.05) is 0 Å². The normalized spacial score (nSPS) is 14.7. The fraction of sp³-hybridized carbons (Fsp3) is 0.231. The first-order valence-electron chi connectivity index (χ1n) is 18.3. The molecular formula is C39H35N9O11S2. The molecule has 1 saturated heterocycles. The van der Waals surface area contributed by atoms with Crippen LogP contribution in [0.15, 0.2) is 71.8 Å². The Hall–Kier alpha value is -7.51. The number of methoxy groups -OCH3 is 1. The van der Waals surface area contributed by atoms with Gasteiger partial charge in [-0.2, -0.15) is 4.98 Å². The van der Waals surface area contributed by atoms with Crippen LogP contribution in [0.3, 0.4) is 0 Å². The SMILES string of the molecule is COc1nc(C#CCNC(=O)CCCC(=O)Nc2cccc3c2CN(C2CCC(=O)NC2=O)C3=O)cnc1NS(=O)(=O)c1ccc(NC(=O)/C=C/c2ccc([N+](=O)[O-])s2)cc1. The maximum absolute atomic E-state index is 13.1. The number of rotatable bonds is 15. The van der Waals surface area contributed by atoms with Crippen LogP contribution in [0.5, 0.6) is 5.88 Å². The van der Waals surface area contributed by atoms with E-state index in [1.54, 1.807) is 18.2 Å². The summed E-state index contributed by atoms with van der Waals surface area (Å²) in [4.78, 5) is 94.7. The van der Waals surface area contributed by atoms with Crippen LogP contribution in [0.1, 0.15) is 58.6 Å². The van der Waals surface area contributed by atoms with Crippen LogP contribution >= 0.6 is 11.3 Å². The number of imide groups is 1. The van der Waals surface area contributed by atoms with E-state index in [9.17, 15) is 47.3 Å². The summed E-state index contributed by atoms with van der Waals surface area (Å²) in [6.07, 6.45) is 4.40. The molecule has 61 heavy (non-hydrogen) atoms. The molecule has 6 rings (SSSR count). The standard InChI is InChI=1S/C39H35N9O11S2/c1-59-38-36(46-61(57,58)26-14-10-23(11-15-26)42-33(51)17-12-25-13-19-35(60-25)48(55)56)41-21-24(43-38)5-4-20-40-31(49)8-3-9-32(50)44-29-7-2-6-27-28(29)22-47(39(27)54)30-16-18-34(52)45-37(30)53/h2,6-7,10-15,17,19,21,30H,3,8-9,16,18,20,22H2,1H3,(H,40,49)(H,41,46)(H,42,51)(H,44,50)(H,45,52,53)/b17-12+. The number of amides is 6. The zero-order valence-electron chi connectivity index (χ0n) is 32.1. The number of piperidine rings is 1. The third-order valence-electron chi connectivity index (χ3n) is 9.04. The highest BCUT2D eigenvalue weighted by Crippen LogP contribution is 2.32. The lowest BCUT2D eigenvalue weighted by atomic mass is 10.0. The second-order valence-corrected chi connectivity index (χ2v) is 16.0. The quantitative estimate of drug-likeness (QED) is 0.0378. The molecule has 1 atom stereocenters. The van der Waals surface area contributed by atoms with Gasteiger partial charge in [0.15, 0.2) is 0 Å². The first kappa shape index (κ1) is 43.1. The van der Waals surface area contributed by atoms with Gasteiger partial charge in [-0.1, -0.05) is 23.3 Å². The Morgan fingerprint density at radius 2 is 1.84 bits per heavy atom. The number of nitrogens with zero attached hydrogens (tertiary/aromatic N) is 4. The lowest BCUT2D eigenvalue weighted by molar-refractivity contribution is -0.380. The van der Waals surface area contributed by atoms with E-state index in [-0.39, 0.29) is 96.1 Å². The molecule has 5 N–H and O–H groups in total. The Morgan fingerprint density at radius 3 is 2.56 bits per heavy atom. The summed E-state index contributed by atoms with van der Waals surface area (Å²) >= 11 is 0.906. The van der Waals surface area contributed by atoms with Gasteiger partial charge in [0, 0.05) is 65.3 Å². The fourth-order valence-electron chi connectivity index (χ4n) is 6.11. The molecule has 2 aromatic heterocycles. The van der Waals surface area contributed by atoms with E-state index in [4.69, 9.17) is 4.74 Å². The molecule has 22 heteroatoms. The van der Waals surface area contributed by atoms with Crippen LogP contribution in [0, 0.1) is 22.0 Å². The summed E-state index contributed by atoms with van der Waals surface area (Å²) < 4.78 is 33.7. The largest absolute Gasteiger partial charge is 0.478 e. The summed E-state index contributed by atoms with van der Waals surface area (Å²) in [6, 6.07) is 12.2. The Labute approximate surface area is 351 Å². The molecule has 0 aliphatic carbocycles. The predicted octanol–water partition coefficient (Wildman–Crippen LogP) is 2.95. The minimum atomic E-state index is -4.18. The molecule has 0 saturated carbocycles. The lowest BCUT2D eigenvalue weighted by Crippen LogP contribution is -2.52. The van der Waals surface area contributed by atoms with Crippen molar-refractivity contribution >= 4 is 85.1 Å². The molecule has 2 aliphatic heterocycles. The summed E-state index contributed by atoms with van der Waals surface area (Å²) in [7, 11) is -2.92. The number of sulfonamides is 1. The van der Waals surface area contributed by atoms with Gasteiger partial charge in [-0.05, 0) is 67.3 Å². The number of thiophene rings is 1. The zero-order valence-corrected chi connectivity index (χ0v) is 33.7. The van der Waals surface area contributed by atoms with E-state index < -0.39 is 32.8 Å². The number of aromatic nitrogens is 2. The van der Waals surface area contributed by atoms with Crippen molar-refractivity contribution in [3.8, 4) is 17.7 Å². The van der Waals surface area contributed by atoms with Gasteiger partial charge >= 0.3 is 5.00 Å². The molecular weight excluding hydrogens is 835 g/mol. The van der Waals surface area contributed by atoms with Crippen molar-refractivity contribution in [3.05, 3.63) is 98.7 Å². The van der Waals surface area contributed by atoms with Crippen molar-refractivity contribution < 1.29 is 46.8 Å².